The predicted molar refractivity (Wildman–Crippen MR) is 71.6 cm³/mol. The van der Waals surface area contributed by atoms with Gasteiger partial charge in [0.15, 0.2) is 0 Å². The first kappa shape index (κ1) is 12.4. The standard InChI is InChI=1S/C15H23NO/c1-10-9-16-14(10)12-8-11(15(2,3)4)6-7-13(12)17-5/h6-8,10,14,16H,9H2,1-5H3. The molecule has 0 bridgehead atoms. The van der Waals surface area contributed by atoms with Crippen molar-refractivity contribution in [1.29, 1.82) is 0 Å². The molecule has 2 unspecified atom stereocenters. The van der Waals surface area contributed by atoms with Crippen molar-refractivity contribution in [3.8, 4) is 5.75 Å². The summed E-state index contributed by atoms with van der Waals surface area (Å²) in [7, 11) is 1.75. The smallest absolute Gasteiger partial charge is 0.123 e. The highest BCUT2D eigenvalue weighted by Crippen LogP contribution is 2.37. The van der Waals surface area contributed by atoms with Gasteiger partial charge in [-0.15, -0.1) is 0 Å². The van der Waals surface area contributed by atoms with E-state index in [4.69, 9.17) is 4.74 Å². The zero-order valence-electron chi connectivity index (χ0n) is 11.5. The highest BCUT2D eigenvalue weighted by molar-refractivity contribution is 5.42. The first-order chi connectivity index (χ1) is 7.93. The van der Waals surface area contributed by atoms with Crippen LogP contribution in [0, 0.1) is 5.92 Å². The molecule has 2 atom stereocenters. The second-order valence-electron chi connectivity index (χ2n) is 6.07. The Labute approximate surface area is 104 Å². The Hall–Kier alpha value is -1.02. The summed E-state index contributed by atoms with van der Waals surface area (Å²) in [5.74, 6) is 1.70. The van der Waals surface area contributed by atoms with E-state index >= 15 is 0 Å². The highest BCUT2D eigenvalue weighted by atomic mass is 16.5. The second kappa shape index (κ2) is 4.34. The van der Waals surface area contributed by atoms with E-state index in [-0.39, 0.29) is 5.41 Å². The molecular weight excluding hydrogens is 210 g/mol. The van der Waals surface area contributed by atoms with Gasteiger partial charge in [-0.2, -0.15) is 0 Å². The molecule has 1 fully saturated rings. The van der Waals surface area contributed by atoms with Gasteiger partial charge >= 0.3 is 0 Å². The van der Waals surface area contributed by atoms with E-state index in [1.165, 1.54) is 11.1 Å². The van der Waals surface area contributed by atoms with Crippen LogP contribution in [0.15, 0.2) is 18.2 Å². The van der Waals surface area contributed by atoms with Gasteiger partial charge in [0.25, 0.3) is 0 Å². The van der Waals surface area contributed by atoms with Crippen LogP contribution in [0.4, 0.5) is 0 Å². The van der Waals surface area contributed by atoms with Crippen molar-refractivity contribution in [2.45, 2.75) is 39.2 Å². The summed E-state index contributed by atoms with van der Waals surface area (Å²) in [6.07, 6.45) is 0. The number of ether oxygens (including phenoxy) is 1. The fraction of sp³-hybridized carbons (Fsp3) is 0.600. The van der Waals surface area contributed by atoms with Gasteiger partial charge in [-0.3, -0.25) is 0 Å². The highest BCUT2D eigenvalue weighted by Gasteiger charge is 2.30. The minimum atomic E-state index is 0.188. The van der Waals surface area contributed by atoms with E-state index in [2.05, 4.69) is 51.2 Å². The van der Waals surface area contributed by atoms with Crippen LogP contribution in [0.2, 0.25) is 0 Å². The summed E-state index contributed by atoms with van der Waals surface area (Å²) in [6.45, 7) is 10.1. The molecule has 0 aliphatic carbocycles. The molecule has 17 heavy (non-hydrogen) atoms. The quantitative estimate of drug-likeness (QED) is 0.846. The summed E-state index contributed by atoms with van der Waals surface area (Å²) in [6, 6.07) is 7.02. The van der Waals surface area contributed by atoms with Gasteiger partial charge in [-0.1, -0.05) is 33.8 Å². The van der Waals surface area contributed by atoms with Crippen LogP contribution in [0.5, 0.6) is 5.75 Å². The lowest BCUT2D eigenvalue weighted by atomic mass is 9.81. The average molecular weight is 233 g/mol. The van der Waals surface area contributed by atoms with E-state index in [9.17, 15) is 0 Å². The van der Waals surface area contributed by atoms with Crippen LogP contribution < -0.4 is 10.1 Å². The molecule has 2 nitrogen and oxygen atoms in total. The Morgan fingerprint density at radius 3 is 2.41 bits per heavy atom. The Balaban J connectivity index is 2.40. The van der Waals surface area contributed by atoms with Crippen LogP contribution in [0.1, 0.15) is 44.9 Å². The van der Waals surface area contributed by atoms with E-state index < -0.39 is 0 Å². The Morgan fingerprint density at radius 2 is 2.00 bits per heavy atom. The molecule has 1 saturated heterocycles. The predicted octanol–water partition coefficient (Wildman–Crippen LogP) is 3.27. The molecule has 2 rings (SSSR count). The minimum Gasteiger partial charge on any atom is -0.496 e. The average Bonchev–Trinajstić information content (AvgIpc) is 2.26. The number of nitrogens with one attached hydrogen (secondary N) is 1. The van der Waals surface area contributed by atoms with Crippen LogP contribution in [-0.2, 0) is 5.41 Å². The molecule has 2 heteroatoms. The molecule has 0 spiro atoms. The third-order valence-corrected chi connectivity index (χ3v) is 3.66. The maximum Gasteiger partial charge on any atom is 0.123 e. The van der Waals surface area contributed by atoms with Crippen molar-refractivity contribution in [2.24, 2.45) is 5.92 Å². The molecule has 0 amide bonds. The lowest BCUT2D eigenvalue weighted by Gasteiger charge is -2.37. The van der Waals surface area contributed by atoms with Crippen molar-refractivity contribution in [1.82, 2.24) is 5.32 Å². The molecule has 1 aliphatic heterocycles. The van der Waals surface area contributed by atoms with Crippen LogP contribution in [-0.4, -0.2) is 13.7 Å². The number of hydrogen-bond donors (Lipinski definition) is 1. The third-order valence-electron chi connectivity index (χ3n) is 3.66. The molecule has 0 radical (unpaired) electrons. The van der Waals surface area contributed by atoms with Gasteiger partial charge in [0.1, 0.15) is 5.75 Å². The molecular formula is C15H23NO. The monoisotopic (exact) mass is 233 g/mol. The number of hydrogen-bond acceptors (Lipinski definition) is 2. The van der Waals surface area contributed by atoms with Gasteiger partial charge in [-0.05, 0) is 29.0 Å². The zero-order valence-corrected chi connectivity index (χ0v) is 11.5. The van der Waals surface area contributed by atoms with Gasteiger partial charge in [0.05, 0.1) is 7.11 Å². The molecule has 1 N–H and O–H groups in total. The molecule has 1 aliphatic rings. The number of methoxy groups -OCH3 is 1. The second-order valence-corrected chi connectivity index (χ2v) is 6.07. The lowest BCUT2D eigenvalue weighted by Crippen LogP contribution is -2.44. The summed E-state index contributed by atoms with van der Waals surface area (Å²) in [5, 5.41) is 3.48. The fourth-order valence-corrected chi connectivity index (χ4v) is 2.33. The maximum atomic E-state index is 5.48. The van der Waals surface area contributed by atoms with Crippen LogP contribution in [0.3, 0.4) is 0 Å². The van der Waals surface area contributed by atoms with Crippen molar-refractivity contribution >= 4 is 0 Å². The SMILES string of the molecule is COc1ccc(C(C)(C)C)cc1C1NCC1C. The summed E-state index contributed by atoms with van der Waals surface area (Å²) >= 11 is 0. The summed E-state index contributed by atoms with van der Waals surface area (Å²) in [5.41, 5.74) is 2.86. The first-order valence-corrected chi connectivity index (χ1v) is 6.35. The molecule has 1 heterocycles. The van der Waals surface area contributed by atoms with Crippen molar-refractivity contribution in [3.05, 3.63) is 29.3 Å². The van der Waals surface area contributed by atoms with Gasteiger partial charge in [-0.25, -0.2) is 0 Å². The molecule has 94 valence electrons. The fourth-order valence-electron chi connectivity index (χ4n) is 2.33. The van der Waals surface area contributed by atoms with E-state index in [1.807, 2.05) is 0 Å². The van der Waals surface area contributed by atoms with Crippen molar-refractivity contribution < 1.29 is 4.74 Å². The number of rotatable bonds is 2. The molecule has 1 aromatic rings. The van der Waals surface area contributed by atoms with Gasteiger partial charge < -0.3 is 10.1 Å². The van der Waals surface area contributed by atoms with E-state index in [0.717, 1.165) is 12.3 Å². The van der Waals surface area contributed by atoms with Crippen molar-refractivity contribution in [2.75, 3.05) is 13.7 Å². The Kier molecular flexibility index (Phi) is 3.17. The maximum absolute atomic E-state index is 5.48. The third kappa shape index (κ3) is 2.32. The van der Waals surface area contributed by atoms with Crippen LogP contribution >= 0.6 is 0 Å². The largest absolute Gasteiger partial charge is 0.496 e. The number of benzene rings is 1. The van der Waals surface area contributed by atoms with Gasteiger partial charge in [0, 0.05) is 18.2 Å². The van der Waals surface area contributed by atoms with Crippen molar-refractivity contribution in [3.63, 3.8) is 0 Å². The summed E-state index contributed by atoms with van der Waals surface area (Å²) in [4.78, 5) is 0. The topological polar surface area (TPSA) is 21.3 Å². The van der Waals surface area contributed by atoms with E-state index in [0.29, 0.717) is 12.0 Å². The summed E-state index contributed by atoms with van der Waals surface area (Å²) < 4.78 is 5.48. The zero-order chi connectivity index (χ0) is 12.6. The van der Waals surface area contributed by atoms with Gasteiger partial charge in [0.2, 0.25) is 0 Å². The van der Waals surface area contributed by atoms with Crippen LogP contribution in [0.25, 0.3) is 0 Å². The minimum absolute atomic E-state index is 0.188. The molecule has 0 aromatic heterocycles. The normalized spacial score (nSPS) is 24.3. The Morgan fingerprint density at radius 1 is 1.29 bits per heavy atom. The first-order valence-electron chi connectivity index (χ1n) is 6.35. The Bertz CT molecular complexity index is 406. The molecule has 1 aromatic carbocycles. The molecule has 0 saturated carbocycles. The van der Waals surface area contributed by atoms with E-state index in [1.54, 1.807) is 7.11 Å². The lowest BCUT2D eigenvalue weighted by molar-refractivity contribution is 0.250.